The van der Waals surface area contributed by atoms with Crippen molar-refractivity contribution in [2.75, 3.05) is 20.3 Å². The second kappa shape index (κ2) is 7.39. The topological polar surface area (TPSA) is 55.8 Å². The lowest BCUT2D eigenvalue weighted by atomic mass is 10.0. The van der Waals surface area contributed by atoms with E-state index in [1.165, 1.54) is 0 Å². The summed E-state index contributed by atoms with van der Waals surface area (Å²) >= 11 is 0. The van der Waals surface area contributed by atoms with Crippen LogP contribution < -0.4 is 4.74 Å². The van der Waals surface area contributed by atoms with Gasteiger partial charge >= 0.3 is 0 Å². The third kappa shape index (κ3) is 3.92. The summed E-state index contributed by atoms with van der Waals surface area (Å²) in [4.78, 5) is 0.270. The number of hydrogen-bond acceptors (Lipinski definition) is 4. The van der Waals surface area contributed by atoms with Gasteiger partial charge in [-0.25, -0.2) is 8.42 Å². The molecule has 0 aliphatic carbocycles. The van der Waals surface area contributed by atoms with Gasteiger partial charge in [0.25, 0.3) is 0 Å². The Balaban J connectivity index is 1.84. The number of methoxy groups -OCH3 is 1. The molecule has 1 fully saturated rings. The van der Waals surface area contributed by atoms with E-state index in [-0.39, 0.29) is 11.0 Å². The summed E-state index contributed by atoms with van der Waals surface area (Å²) in [5.41, 5.74) is 0.533. The fraction of sp³-hybridized carbons (Fsp3) is 0.400. The molecule has 3 rings (SSSR count). The van der Waals surface area contributed by atoms with Gasteiger partial charge in [-0.1, -0.05) is 30.3 Å². The lowest BCUT2D eigenvalue weighted by Crippen LogP contribution is -2.58. The summed E-state index contributed by atoms with van der Waals surface area (Å²) in [5, 5.41) is 0. The minimum atomic E-state index is -3.62. The number of morpholine rings is 1. The molecule has 1 aliphatic heterocycles. The van der Waals surface area contributed by atoms with Gasteiger partial charge in [-0.2, -0.15) is 4.31 Å². The van der Waals surface area contributed by atoms with Crippen LogP contribution in [0.25, 0.3) is 0 Å². The van der Waals surface area contributed by atoms with Crippen LogP contribution in [0.2, 0.25) is 0 Å². The first-order valence-electron chi connectivity index (χ1n) is 8.65. The van der Waals surface area contributed by atoms with Gasteiger partial charge in [0.05, 0.1) is 30.3 Å². The van der Waals surface area contributed by atoms with E-state index < -0.39 is 15.6 Å². The van der Waals surface area contributed by atoms with Crippen LogP contribution in [0.4, 0.5) is 0 Å². The molecule has 5 nitrogen and oxygen atoms in total. The molecule has 1 unspecified atom stereocenters. The molecular formula is C20H25NO4S. The van der Waals surface area contributed by atoms with Gasteiger partial charge in [-0.15, -0.1) is 0 Å². The van der Waals surface area contributed by atoms with Gasteiger partial charge in [0, 0.05) is 6.54 Å². The Morgan fingerprint density at radius 1 is 1.12 bits per heavy atom. The van der Waals surface area contributed by atoms with E-state index in [1.54, 1.807) is 35.7 Å². The average molecular weight is 375 g/mol. The third-order valence-electron chi connectivity index (χ3n) is 4.67. The van der Waals surface area contributed by atoms with Gasteiger partial charge in [-0.3, -0.25) is 0 Å². The van der Waals surface area contributed by atoms with Crippen LogP contribution in [0.5, 0.6) is 5.75 Å². The van der Waals surface area contributed by atoms with E-state index in [9.17, 15) is 8.42 Å². The highest BCUT2D eigenvalue weighted by atomic mass is 32.2. The smallest absolute Gasteiger partial charge is 0.243 e. The van der Waals surface area contributed by atoms with Crippen molar-refractivity contribution in [2.24, 2.45) is 0 Å². The van der Waals surface area contributed by atoms with Crippen molar-refractivity contribution in [3.63, 3.8) is 0 Å². The van der Waals surface area contributed by atoms with Crippen LogP contribution in [0.15, 0.2) is 59.5 Å². The lowest BCUT2D eigenvalue weighted by molar-refractivity contribution is -0.0629. The molecule has 1 saturated heterocycles. The molecule has 0 radical (unpaired) electrons. The van der Waals surface area contributed by atoms with Gasteiger partial charge in [0.1, 0.15) is 5.75 Å². The number of ether oxygens (including phenoxy) is 2. The van der Waals surface area contributed by atoms with Gasteiger partial charge in [-0.05, 0) is 50.1 Å². The molecule has 2 aromatic carbocycles. The minimum absolute atomic E-state index is 0.168. The highest BCUT2D eigenvalue weighted by molar-refractivity contribution is 7.89. The Morgan fingerprint density at radius 2 is 1.77 bits per heavy atom. The number of hydrogen-bond donors (Lipinski definition) is 0. The quantitative estimate of drug-likeness (QED) is 0.806. The molecule has 1 atom stereocenters. The number of rotatable bonds is 5. The van der Waals surface area contributed by atoms with Crippen molar-refractivity contribution in [1.29, 1.82) is 0 Å². The Hall–Kier alpha value is -1.89. The van der Waals surface area contributed by atoms with Crippen molar-refractivity contribution >= 4 is 10.0 Å². The first-order chi connectivity index (χ1) is 12.3. The first kappa shape index (κ1) is 18.9. The molecule has 6 heteroatoms. The Labute approximate surface area is 155 Å². The molecule has 0 aromatic heterocycles. The van der Waals surface area contributed by atoms with Crippen LogP contribution in [0.1, 0.15) is 19.4 Å². The maximum atomic E-state index is 13.2. The minimum Gasteiger partial charge on any atom is -0.497 e. The molecule has 1 heterocycles. The molecule has 26 heavy (non-hydrogen) atoms. The zero-order valence-electron chi connectivity index (χ0n) is 15.4. The van der Waals surface area contributed by atoms with Crippen LogP contribution in [-0.4, -0.2) is 44.6 Å². The van der Waals surface area contributed by atoms with Crippen molar-refractivity contribution in [2.45, 2.75) is 36.8 Å². The summed E-state index contributed by atoms with van der Waals surface area (Å²) in [5.74, 6) is 0.632. The SMILES string of the molecule is COc1ccc(S(=O)(=O)N2CC(Cc3ccccc3)OCC2(C)C)cc1. The fourth-order valence-corrected chi connectivity index (χ4v) is 4.98. The van der Waals surface area contributed by atoms with Crippen LogP contribution in [0, 0.1) is 0 Å². The van der Waals surface area contributed by atoms with Crippen molar-refractivity contribution in [3.8, 4) is 5.75 Å². The van der Waals surface area contributed by atoms with Crippen LogP contribution in [-0.2, 0) is 21.2 Å². The molecule has 0 N–H and O–H groups in total. The standard InChI is InChI=1S/C20H25NO4S/c1-20(2)15-25-18(13-16-7-5-4-6-8-16)14-21(20)26(22,23)19-11-9-17(24-3)10-12-19/h4-12,18H,13-15H2,1-3H3. The van der Waals surface area contributed by atoms with Crippen LogP contribution >= 0.6 is 0 Å². The van der Waals surface area contributed by atoms with E-state index in [4.69, 9.17) is 9.47 Å². The van der Waals surface area contributed by atoms with Gasteiger partial charge in [0.2, 0.25) is 10.0 Å². The average Bonchev–Trinajstić information content (AvgIpc) is 2.64. The second-order valence-electron chi connectivity index (χ2n) is 7.15. The predicted molar refractivity (Wildman–Crippen MR) is 101 cm³/mol. The maximum Gasteiger partial charge on any atom is 0.243 e. The third-order valence-corrected chi connectivity index (χ3v) is 6.76. The molecule has 0 amide bonds. The predicted octanol–water partition coefficient (Wildman–Crippen LogP) is 3.11. The van der Waals surface area contributed by atoms with E-state index in [0.717, 1.165) is 5.56 Å². The van der Waals surface area contributed by atoms with E-state index >= 15 is 0 Å². The highest BCUT2D eigenvalue weighted by Crippen LogP contribution is 2.31. The monoisotopic (exact) mass is 375 g/mol. The Kier molecular flexibility index (Phi) is 5.37. The normalized spacial score (nSPS) is 20.7. The number of benzene rings is 2. The Morgan fingerprint density at radius 3 is 2.38 bits per heavy atom. The zero-order chi connectivity index (χ0) is 18.8. The summed E-state index contributed by atoms with van der Waals surface area (Å²) in [6, 6.07) is 16.5. The largest absolute Gasteiger partial charge is 0.497 e. The van der Waals surface area contributed by atoms with Crippen molar-refractivity contribution in [3.05, 3.63) is 60.2 Å². The summed E-state index contributed by atoms with van der Waals surface area (Å²) in [6.07, 6.45) is 0.518. The Bertz CT molecular complexity index is 832. The molecule has 1 aliphatic rings. The molecule has 0 spiro atoms. The van der Waals surface area contributed by atoms with Crippen molar-refractivity contribution in [1.82, 2.24) is 4.31 Å². The van der Waals surface area contributed by atoms with E-state index in [1.807, 2.05) is 44.2 Å². The summed E-state index contributed by atoms with van der Waals surface area (Å²) in [6.45, 7) is 4.48. The molecule has 0 saturated carbocycles. The van der Waals surface area contributed by atoms with Gasteiger partial charge in [0.15, 0.2) is 0 Å². The van der Waals surface area contributed by atoms with Crippen molar-refractivity contribution < 1.29 is 17.9 Å². The maximum absolute atomic E-state index is 13.2. The molecular weight excluding hydrogens is 350 g/mol. The zero-order valence-corrected chi connectivity index (χ0v) is 16.2. The first-order valence-corrected chi connectivity index (χ1v) is 10.1. The molecule has 0 bridgehead atoms. The number of sulfonamides is 1. The van der Waals surface area contributed by atoms with Crippen LogP contribution in [0.3, 0.4) is 0 Å². The molecule has 2 aromatic rings. The summed E-state index contributed by atoms with van der Waals surface area (Å²) < 4.78 is 39.1. The highest BCUT2D eigenvalue weighted by Gasteiger charge is 2.42. The molecule has 140 valence electrons. The van der Waals surface area contributed by atoms with Gasteiger partial charge < -0.3 is 9.47 Å². The summed E-state index contributed by atoms with van der Waals surface area (Å²) in [7, 11) is -2.06. The lowest BCUT2D eigenvalue weighted by Gasteiger charge is -2.44. The van der Waals surface area contributed by atoms with E-state index in [0.29, 0.717) is 25.3 Å². The van der Waals surface area contributed by atoms with E-state index in [2.05, 4.69) is 0 Å². The number of nitrogens with zero attached hydrogens (tertiary/aromatic N) is 1. The fourth-order valence-electron chi connectivity index (χ4n) is 3.18. The second-order valence-corrected chi connectivity index (χ2v) is 9.01.